The SMILES string of the molecule is CCCNc1ccncc1C(=O)N1CCC(OC)C1. The van der Waals surface area contributed by atoms with Crippen LogP contribution < -0.4 is 5.32 Å². The van der Waals surface area contributed by atoms with E-state index in [1.807, 2.05) is 11.0 Å². The molecule has 0 aliphatic carbocycles. The number of likely N-dealkylation sites (tertiary alicyclic amines) is 1. The molecular formula is C14H21N3O2. The lowest BCUT2D eigenvalue weighted by atomic mass is 10.2. The van der Waals surface area contributed by atoms with Crippen molar-refractivity contribution in [1.82, 2.24) is 9.88 Å². The fourth-order valence-electron chi connectivity index (χ4n) is 2.25. The van der Waals surface area contributed by atoms with Crippen molar-refractivity contribution in [2.75, 3.05) is 32.1 Å². The van der Waals surface area contributed by atoms with Crippen LogP contribution in [0.4, 0.5) is 5.69 Å². The summed E-state index contributed by atoms with van der Waals surface area (Å²) < 4.78 is 5.30. The van der Waals surface area contributed by atoms with E-state index in [2.05, 4.69) is 17.2 Å². The smallest absolute Gasteiger partial charge is 0.257 e. The normalized spacial score (nSPS) is 18.6. The number of methoxy groups -OCH3 is 1. The van der Waals surface area contributed by atoms with Crippen LogP contribution >= 0.6 is 0 Å². The van der Waals surface area contributed by atoms with E-state index in [-0.39, 0.29) is 12.0 Å². The quantitative estimate of drug-likeness (QED) is 0.879. The van der Waals surface area contributed by atoms with E-state index in [0.29, 0.717) is 12.1 Å². The van der Waals surface area contributed by atoms with E-state index in [0.717, 1.165) is 31.6 Å². The number of aromatic nitrogens is 1. The summed E-state index contributed by atoms with van der Waals surface area (Å²) >= 11 is 0. The number of hydrogen-bond donors (Lipinski definition) is 1. The zero-order valence-electron chi connectivity index (χ0n) is 11.6. The van der Waals surface area contributed by atoms with Crippen LogP contribution in [0.3, 0.4) is 0 Å². The zero-order chi connectivity index (χ0) is 13.7. The topological polar surface area (TPSA) is 54.5 Å². The second-order valence-corrected chi connectivity index (χ2v) is 4.75. The van der Waals surface area contributed by atoms with Crippen molar-refractivity contribution in [3.05, 3.63) is 24.0 Å². The molecule has 5 heteroatoms. The molecule has 2 rings (SSSR count). The summed E-state index contributed by atoms with van der Waals surface area (Å²) in [7, 11) is 1.69. The molecular weight excluding hydrogens is 242 g/mol. The van der Waals surface area contributed by atoms with Gasteiger partial charge < -0.3 is 15.0 Å². The number of pyridine rings is 1. The minimum atomic E-state index is 0.0336. The van der Waals surface area contributed by atoms with Crippen LogP contribution in [-0.2, 0) is 4.74 Å². The predicted molar refractivity (Wildman–Crippen MR) is 74.3 cm³/mol. The summed E-state index contributed by atoms with van der Waals surface area (Å²) in [6.07, 6.45) is 5.43. The van der Waals surface area contributed by atoms with Crippen molar-refractivity contribution in [1.29, 1.82) is 0 Å². The first-order valence-electron chi connectivity index (χ1n) is 6.76. The molecule has 1 amide bonds. The van der Waals surface area contributed by atoms with Crippen molar-refractivity contribution in [3.63, 3.8) is 0 Å². The number of amides is 1. The summed E-state index contributed by atoms with van der Waals surface area (Å²) in [6.45, 7) is 4.36. The Morgan fingerprint density at radius 1 is 1.63 bits per heavy atom. The number of hydrogen-bond acceptors (Lipinski definition) is 4. The number of nitrogens with zero attached hydrogens (tertiary/aromatic N) is 2. The standard InChI is InChI=1S/C14H21N3O2/c1-3-6-16-13-4-7-15-9-12(13)14(18)17-8-5-11(10-17)19-2/h4,7,9,11H,3,5-6,8,10H2,1-2H3,(H,15,16). The molecule has 1 unspecified atom stereocenters. The van der Waals surface area contributed by atoms with Crippen LogP contribution in [0.15, 0.2) is 18.5 Å². The van der Waals surface area contributed by atoms with Gasteiger partial charge in [0.1, 0.15) is 0 Å². The number of anilines is 1. The summed E-state index contributed by atoms with van der Waals surface area (Å²) in [5.74, 6) is 0.0336. The Hall–Kier alpha value is -1.62. The largest absolute Gasteiger partial charge is 0.384 e. The molecule has 1 saturated heterocycles. The maximum atomic E-state index is 12.5. The molecule has 0 bridgehead atoms. The average molecular weight is 263 g/mol. The van der Waals surface area contributed by atoms with Gasteiger partial charge >= 0.3 is 0 Å². The molecule has 0 aromatic carbocycles. The minimum Gasteiger partial charge on any atom is -0.384 e. The van der Waals surface area contributed by atoms with Gasteiger partial charge in [-0.25, -0.2) is 0 Å². The first-order valence-corrected chi connectivity index (χ1v) is 6.76. The maximum absolute atomic E-state index is 12.5. The highest BCUT2D eigenvalue weighted by molar-refractivity contribution is 5.99. The molecule has 104 valence electrons. The zero-order valence-corrected chi connectivity index (χ0v) is 11.6. The lowest BCUT2D eigenvalue weighted by Gasteiger charge is -2.18. The average Bonchev–Trinajstić information content (AvgIpc) is 2.93. The van der Waals surface area contributed by atoms with E-state index < -0.39 is 0 Å². The summed E-state index contributed by atoms with van der Waals surface area (Å²) in [4.78, 5) is 18.4. The third-order valence-corrected chi connectivity index (χ3v) is 3.38. The first-order chi connectivity index (χ1) is 9.26. The molecule has 1 aromatic rings. The third kappa shape index (κ3) is 3.23. The molecule has 1 aliphatic heterocycles. The van der Waals surface area contributed by atoms with Gasteiger partial charge in [0, 0.05) is 39.1 Å². The fourth-order valence-corrected chi connectivity index (χ4v) is 2.25. The van der Waals surface area contributed by atoms with Crippen LogP contribution in [-0.4, -0.2) is 48.6 Å². The molecule has 1 N–H and O–H groups in total. The molecule has 1 fully saturated rings. The highest BCUT2D eigenvalue weighted by Gasteiger charge is 2.27. The van der Waals surface area contributed by atoms with Crippen molar-refractivity contribution < 1.29 is 9.53 Å². The van der Waals surface area contributed by atoms with Gasteiger partial charge in [-0.1, -0.05) is 6.92 Å². The van der Waals surface area contributed by atoms with Crippen LogP contribution in [0.5, 0.6) is 0 Å². The molecule has 1 aliphatic rings. The van der Waals surface area contributed by atoms with Gasteiger partial charge in [0.2, 0.25) is 0 Å². The number of carbonyl (C=O) groups excluding carboxylic acids is 1. The van der Waals surface area contributed by atoms with Gasteiger partial charge in [-0.15, -0.1) is 0 Å². The fraction of sp³-hybridized carbons (Fsp3) is 0.571. The van der Waals surface area contributed by atoms with Crippen molar-refractivity contribution in [2.24, 2.45) is 0 Å². The number of rotatable bonds is 5. The second kappa shape index (κ2) is 6.52. The van der Waals surface area contributed by atoms with Crippen molar-refractivity contribution >= 4 is 11.6 Å². The van der Waals surface area contributed by atoms with Crippen molar-refractivity contribution in [3.8, 4) is 0 Å². The molecule has 0 saturated carbocycles. The van der Waals surface area contributed by atoms with Gasteiger partial charge in [0.05, 0.1) is 17.4 Å². The van der Waals surface area contributed by atoms with Gasteiger partial charge in [0.15, 0.2) is 0 Å². The van der Waals surface area contributed by atoms with Gasteiger partial charge in [-0.2, -0.15) is 0 Å². The number of nitrogens with one attached hydrogen (secondary N) is 1. The Morgan fingerprint density at radius 2 is 2.47 bits per heavy atom. The number of carbonyl (C=O) groups is 1. The molecule has 0 radical (unpaired) electrons. The van der Waals surface area contributed by atoms with E-state index in [1.165, 1.54) is 0 Å². The Labute approximate surface area is 114 Å². The van der Waals surface area contributed by atoms with Gasteiger partial charge in [0.25, 0.3) is 5.91 Å². The summed E-state index contributed by atoms with van der Waals surface area (Å²) in [6, 6.07) is 1.85. The summed E-state index contributed by atoms with van der Waals surface area (Å²) in [5, 5.41) is 3.27. The predicted octanol–water partition coefficient (Wildman–Crippen LogP) is 1.76. The Kier molecular flexibility index (Phi) is 4.74. The van der Waals surface area contributed by atoms with E-state index in [4.69, 9.17) is 4.74 Å². The van der Waals surface area contributed by atoms with Gasteiger partial charge in [-0.3, -0.25) is 9.78 Å². The molecule has 1 aromatic heterocycles. The Balaban J connectivity index is 2.10. The lowest BCUT2D eigenvalue weighted by molar-refractivity contribution is 0.0724. The van der Waals surface area contributed by atoms with Crippen LogP contribution in [0.25, 0.3) is 0 Å². The van der Waals surface area contributed by atoms with Crippen LogP contribution in [0.2, 0.25) is 0 Å². The van der Waals surface area contributed by atoms with Gasteiger partial charge in [-0.05, 0) is 18.9 Å². The van der Waals surface area contributed by atoms with Crippen LogP contribution in [0.1, 0.15) is 30.1 Å². The van der Waals surface area contributed by atoms with E-state index in [9.17, 15) is 4.79 Å². The molecule has 0 spiro atoms. The highest BCUT2D eigenvalue weighted by Crippen LogP contribution is 2.20. The Morgan fingerprint density at radius 3 is 3.16 bits per heavy atom. The molecule has 1 atom stereocenters. The monoisotopic (exact) mass is 263 g/mol. The van der Waals surface area contributed by atoms with E-state index in [1.54, 1.807) is 19.5 Å². The number of ether oxygens (including phenoxy) is 1. The van der Waals surface area contributed by atoms with Crippen LogP contribution in [0, 0.1) is 0 Å². The molecule has 2 heterocycles. The van der Waals surface area contributed by atoms with E-state index >= 15 is 0 Å². The highest BCUT2D eigenvalue weighted by atomic mass is 16.5. The molecule has 5 nitrogen and oxygen atoms in total. The molecule has 19 heavy (non-hydrogen) atoms. The lowest BCUT2D eigenvalue weighted by Crippen LogP contribution is -2.30. The minimum absolute atomic E-state index is 0.0336. The third-order valence-electron chi connectivity index (χ3n) is 3.38. The maximum Gasteiger partial charge on any atom is 0.257 e. The van der Waals surface area contributed by atoms with Crippen molar-refractivity contribution in [2.45, 2.75) is 25.9 Å². The second-order valence-electron chi connectivity index (χ2n) is 4.75. The summed E-state index contributed by atoms with van der Waals surface area (Å²) in [5.41, 5.74) is 1.51. The first kappa shape index (κ1) is 13.8. The Bertz CT molecular complexity index is 436.